The summed E-state index contributed by atoms with van der Waals surface area (Å²) in [6, 6.07) is 0. The zero-order valence-electron chi connectivity index (χ0n) is 27.3. The third kappa shape index (κ3) is 33.9. The van der Waals surface area contributed by atoms with Gasteiger partial charge in [0.2, 0.25) is 0 Å². The molecule has 0 saturated heterocycles. The molecule has 18 heteroatoms. The van der Waals surface area contributed by atoms with Gasteiger partial charge in [0, 0.05) is 38.5 Å². The molecule has 0 amide bonds. The molecule has 0 heterocycles. The maximum atomic E-state index is 11.5. The molecule has 0 aliphatic heterocycles. The van der Waals surface area contributed by atoms with Crippen molar-refractivity contribution in [2.75, 3.05) is 92.5 Å². The third-order valence-electron chi connectivity index (χ3n) is 5.72. The zero-order chi connectivity index (χ0) is 35.7. The monoisotopic (exact) mass is 698 g/mol. The topological polar surface area (TPSA) is 246 Å². The average Bonchev–Trinajstić information content (AvgIpc) is 3.02. The lowest BCUT2D eigenvalue weighted by Crippen LogP contribution is -2.29. The largest absolute Gasteiger partial charge is 0.481 e. The van der Waals surface area contributed by atoms with Crippen molar-refractivity contribution in [1.82, 2.24) is 0 Å². The quantitative estimate of drug-likeness (QED) is 0.0471. The summed E-state index contributed by atoms with van der Waals surface area (Å²) in [7, 11) is 0. The molecule has 0 atom stereocenters. The Balaban J connectivity index is 4.18. The molecule has 3 N–H and O–H groups in total. The molecule has 18 nitrogen and oxygen atoms in total. The Morgan fingerprint density at radius 3 is 1.00 bits per heavy atom. The Labute approximate surface area is 279 Å². The van der Waals surface area contributed by atoms with Gasteiger partial charge < -0.3 is 58.0 Å². The molecule has 0 aliphatic carbocycles. The molecular formula is C30H50O18. The molecule has 0 aromatic heterocycles. The second kappa shape index (κ2) is 32.1. The molecule has 0 unspecified atom stereocenters. The van der Waals surface area contributed by atoms with Crippen LogP contribution in [0.2, 0.25) is 0 Å². The number of carbonyl (C=O) groups excluding carboxylic acids is 3. The van der Waals surface area contributed by atoms with Crippen LogP contribution in [0.5, 0.6) is 0 Å². The fourth-order valence-electron chi connectivity index (χ4n) is 3.40. The first-order valence-electron chi connectivity index (χ1n) is 15.7. The van der Waals surface area contributed by atoms with E-state index in [0.717, 1.165) is 0 Å². The second-order valence-electron chi connectivity index (χ2n) is 9.88. The van der Waals surface area contributed by atoms with Crippen LogP contribution < -0.4 is 0 Å². The van der Waals surface area contributed by atoms with Gasteiger partial charge in [-0.05, 0) is 19.3 Å². The average molecular weight is 699 g/mol. The predicted octanol–water partition coefficient (Wildman–Crippen LogP) is 0.849. The summed E-state index contributed by atoms with van der Waals surface area (Å²) < 4.78 is 48.0. The van der Waals surface area contributed by atoms with Crippen molar-refractivity contribution < 1.29 is 86.7 Å². The minimum absolute atomic E-state index is 0.0143. The maximum absolute atomic E-state index is 11.5. The van der Waals surface area contributed by atoms with Crippen molar-refractivity contribution in [3.8, 4) is 0 Å². The number of carboxylic acids is 3. The van der Waals surface area contributed by atoms with E-state index in [-0.39, 0.29) is 150 Å². The minimum Gasteiger partial charge on any atom is -0.481 e. The number of aliphatic carboxylic acids is 3. The predicted molar refractivity (Wildman–Crippen MR) is 161 cm³/mol. The summed E-state index contributed by atoms with van der Waals surface area (Å²) >= 11 is 0. The molecule has 278 valence electrons. The molecule has 0 bridgehead atoms. The number of rotatable bonds is 35. The SMILES string of the molecule is O=C(O)CCCC(=O)OCCOCCOCC(COCCOCCOC(=O)CCCC(=O)O)OCCOCCOC(=O)CCCC(=O)O. The van der Waals surface area contributed by atoms with Crippen LogP contribution >= 0.6 is 0 Å². The molecule has 0 aromatic carbocycles. The lowest BCUT2D eigenvalue weighted by Gasteiger charge is -2.18. The van der Waals surface area contributed by atoms with Gasteiger partial charge in [-0.25, -0.2) is 0 Å². The Morgan fingerprint density at radius 1 is 0.375 bits per heavy atom. The summed E-state index contributed by atoms with van der Waals surface area (Å²) in [5.74, 6) is -4.41. The molecule has 0 rings (SSSR count). The molecule has 0 spiro atoms. The molecule has 48 heavy (non-hydrogen) atoms. The van der Waals surface area contributed by atoms with Gasteiger partial charge in [0.05, 0.1) is 72.7 Å². The van der Waals surface area contributed by atoms with Gasteiger partial charge in [0.1, 0.15) is 25.9 Å². The molecule has 0 aliphatic rings. The molecule has 0 fully saturated rings. The van der Waals surface area contributed by atoms with Crippen molar-refractivity contribution in [2.45, 2.75) is 63.9 Å². The van der Waals surface area contributed by atoms with Crippen LogP contribution in [0.4, 0.5) is 0 Å². The van der Waals surface area contributed by atoms with E-state index < -0.39 is 41.9 Å². The van der Waals surface area contributed by atoms with E-state index in [4.69, 9.17) is 58.0 Å². The minimum atomic E-state index is -0.978. The summed E-state index contributed by atoms with van der Waals surface area (Å²) in [5, 5.41) is 25.8. The molecule has 0 aromatic rings. The van der Waals surface area contributed by atoms with Crippen LogP contribution in [0.25, 0.3) is 0 Å². The Bertz CT molecular complexity index is 847. The van der Waals surface area contributed by atoms with Crippen LogP contribution in [-0.4, -0.2) is 150 Å². The van der Waals surface area contributed by atoms with Crippen molar-refractivity contribution in [1.29, 1.82) is 0 Å². The van der Waals surface area contributed by atoms with Crippen molar-refractivity contribution in [3.05, 3.63) is 0 Å². The van der Waals surface area contributed by atoms with Crippen molar-refractivity contribution >= 4 is 35.8 Å². The van der Waals surface area contributed by atoms with E-state index in [9.17, 15) is 28.8 Å². The molecule has 0 saturated carbocycles. The van der Waals surface area contributed by atoms with Crippen LogP contribution in [0.15, 0.2) is 0 Å². The standard InChI is InChI=1S/C30H50O18/c31-25(32)4-1-7-28(37)46-19-15-40-10-12-43-22-24(45-18-14-42-17-21-48-30(39)9-3-6-27(35)36)23-44-13-11-41-16-20-47-29(38)8-2-5-26(33)34/h24H,1-23H2,(H,31,32)(H,33,34)(H,35,36). The lowest BCUT2D eigenvalue weighted by atomic mass is 10.2. The third-order valence-corrected chi connectivity index (χ3v) is 5.72. The van der Waals surface area contributed by atoms with Crippen molar-refractivity contribution in [2.24, 2.45) is 0 Å². The first kappa shape index (κ1) is 44.6. The van der Waals surface area contributed by atoms with E-state index in [1.807, 2.05) is 0 Å². The number of ether oxygens (including phenoxy) is 9. The highest BCUT2D eigenvalue weighted by Gasteiger charge is 2.11. The first-order chi connectivity index (χ1) is 23.1. The lowest BCUT2D eigenvalue weighted by molar-refractivity contribution is -0.147. The van der Waals surface area contributed by atoms with Gasteiger partial charge >= 0.3 is 35.8 Å². The second-order valence-corrected chi connectivity index (χ2v) is 9.88. The van der Waals surface area contributed by atoms with Crippen LogP contribution in [0.3, 0.4) is 0 Å². The van der Waals surface area contributed by atoms with Gasteiger partial charge in [-0.15, -0.1) is 0 Å². The first-order valence-corrected chi connectivity index (χ1v) is 15.7. The Kier molecular flexibility index (Phi) is 29.9. The van der Waals surface area contributed by atoms with Gasteiger partial charge in [-0.2, -0.15) is 0 Å². The number of carboxylic acid groups (broad SMARTS) is 3. The van der Waals surface area contributed by atoms with Gasteiger partial charge in [0.15, 0.2) is 0 Å². The summed E-state index contributed by atoms with van der Waals surface area (Å²) in [5.41, 5.74) is 0. The van der Waals surface area contributed by atoms with E-state index in [1.165, 1.54) is 0 Å². The van der Waals surface area contributed by atoms with Gasteiger partial charge in [-0.1, -0.05) is 0 Å². The number of hydrogen-bond acceptors (Lipinski definition) is 15. The highest BCUT2D eigenvalue weighted by Crippen LogP contribution is 2.01. The van der Waals surface area contributed by atoms with Crippen LogP contribution in [0.1, 0.15) is 57.8 Å². The van der Waals surface area contributed by atoms with Crippen LogP contribution in [0, 0.1) is 0 Å². The summed E-state index contributed by atoms with van der Waals surface area (Å²) in [4.78, 5) is 66.0. The van der Waals surface area contributed by atoms with E-state index in [0.29, 0.717) is 0 Å². The fraction of sp³-hybridized carbons (Fsp3) is 0.800. The highest BCUT2D eigenvalue weighted by molar-refractivity contribution is 5.72. The van der Waals surface area contributed by atoms with Gasteiger partial charge in [-0.3, -0.25) is 28.8 Å². The number of esters is 3. The normalized spacial score (nSPS) is 10.9. The van der Waals surface area contributed by atoms with Gasteiger partial charge in [0.25, 0.3) is 0 Å². The Hall–Kier alpha value is -3.42. The molecule has 0 radical (unpaired) electrons. The Morgan fingerprint density at radius 2 is 0.667 bits per heavy atom. The smallest absolute Gasteiger partial charge is 0.305 e. The van der Waals surface area contributed by atoms with E-state index in [1.54, 1.807) is 0 Å². The number of carbonyl (C=O) groups is 6. The fourth-order valence-corrected chi connectivity index (χ4v) is 3.40. The van der Waals surface area contributed by atoms with Crippen molar-refractivity contribution in [3.63, 3.8) is 0 Å². The highest BCUT2D eigenvalue weighted by atomic mass is 16.6. The number of hydrogen-bond donors (Lipinski definition) is 3. The summed E-state index contributed by atoms with van der Waals surface area (Å²) in [6.45, 7) is 2.12. The summed E-state index contributed by atoms with van der Waals surface area (Å²) in [6.07, 6.45) is -0.118. The van der Waals surface area contributed by atoms with Crippen LogP contribution in [-0.2, 0) is 71.4 Å². The van der Waals surface area contributed by atoms with E-state index >= 15 is 0 Å². The van der Waals surface area contributed by atoms with E-state index in [2.05, 4.69) is 0 Å². The zero-order valence-corrected chi connectivity index (χ0v) is 27.3. The maximum Gasteiger partial charge on any atom is 0.305 e. The molecular weight excluding hydrogens is 648 g/mol.